The number of pyridine rings is 1. The molecule has 0 fully saturated rings. The molecule has 152 valence electrons. The number of ether oxygens (including phenoxy) is 1. The number of hydrogen-bond donors (Lipinski definition) is 1. The molecule has 0 aliphatic carbocycles. The number of rotatable bonds is 7. The van der Waals surface area contributed by atoms with Crippen LogP contribution in [0.2, 0.25) is 0 Å². The van der Waals surface area contributed by atoms with Crippen molar-refractivity contribution in [1.29, 1.82) is 0 Å². The molecule has 0 aliphatic heterocycles. The van der Waals surface area contributed by atoms with Gasteiger partial charge in [0.25, 0.3) is 0 Å². The van der Waals surface area contributed by atoms with Gasteiger partial charge in [0.15, 0.2) is 0 Å². The maximum absolute atomic E-state index is 13.4. The summed E-state index contributed by atoms with van der Waals surface area (Å²) in [5.74, 6) is 0.670. The number of hydrogen-bond acceptors (Lipinski definition) is 5. The molecule has 0 radical (unpaired) electrons. The zero-order valence-electron chi connectivity index (χ0n) is 16.6. The zero-order chi connectivity index (χ0) is 21.0. The molecular formula is C24H22N2O3S. The van der Waals surface area contributed by atoms with Gasteiger partial charge in [0.2, 0.25) is 9.84 Å². The van der Waals surface area contributed by atoms with Crippen LogP contribution in [0.3, 0.4) is 0 Å². The highest BCUT2D eigenvalue weighted by molar-refractivity contribution is 7.91. The van der Waals surface area contributed by atoms with Gasteiger partial charge in [-0.1, -0.05) is 48.5 Å². The predicted molar refractivity (Wildman–Crippen MR) is 119 cm³/mol. The summed E-state index contributed by atoms with van der Waals surface area (Å²) < 4.78 is 32.5. The van der Waals surface area contributed by atoms with Gasteiger partial charge in [-0.2, -0.15) is 0 Å². The first kappa shape index (κ1) is 19.9. The quantitative estimate of drug-likeness (QED) is 0.453. The van der Waals surface area contributed by atoms with Crippen LogP contribution in [-0.4, -0.2) is 20.0 Å². The van der Waals surface area contributed by atoms with Crippen LogP contribution in [0.15, 0.2) is 94.9 Å². The van der Waals surface area contributed by atoms with E-state index in [1.165, 1.54) is 6.20 Å². The van der Waals surface area contributed by atoms with E-state index in [0.717, 1.165) is 5.56 Å². The Morgan fingerprint density at radius 1 is 0.933 bits per heavy atom. The molecule has 0 atom stereocenters. The number of benzene rings is 3. The fraction of sp³-hybridized carbons (Fsp3) is 0.125. The molecule has 0 bridgehead atoms. The minimum Gasteiger partial charge on any atom is -0.494 e. The van der Waals surface area contributed by atoms with Gasteiger partial charge >= 0.3 is 0 Å². The third-order valence-electron chi connectivity index (χ3n) is 4.77. The molecule has 30 heavy (non-hydrogen) atoms. The Bertz CT molecular complexity index is 1260. The number of nitrogens with one attached hydrogen (secondary N) is 1. The van der Waals surface area contributed by atoms with Crippen LogP contribution in [0.4, 0.5) is 5.69 Å². The minimum atomic E-state index is -3.76. The average molecular weight is 419 g/mol. The largest absolute Gasteiger partial charge is 0.494 e. The molecule has 4 aromatic rings. The van der Waals surface area contributed by atoms with Crippen molar-refractivity contribution in [3.8, 4) is 5.75 Å². The molecule has 4 rings (SSSR count). The van der Waals surface area contributed by atoms with Crippen LogP contribution in [0, 0.1) is 0 Å². The number of nitrogens with zero attached hydrogens (tertiary/aromatic N) is 1. The Kier molecular flexibility index (Phi) is 5.68. The topological polar surface area (TPSA) is 68.3 Å². The molecule has 0 saturated carbocycles. The first-order valence-electron chi connectivity index (χ1n) is 9.73. The van der Waals surface area contributed by atoms with Gasteiger partial charge in [-0.25, -0.2) is 8.42 Å². The smallest absolute Gasteiger partial charge is 0.210 e. The van der Waals surface area contributed by atoms with E-state index in [9.17, 15) is 8.42 Å². The van der Waals surface area contributed by atoms with E-state index in [4.69, 9.17) is 4.74 Å². The van der Waals surface area contributed by atoms with E-state index in [2.05, 4.69) is 10.3 Å². The highest BCUT2D eigenvalue weighted by atomic mass is 32.2. The van der Waals surface area contributed by atoms with Crippen LogP contribution in [-0.2, 0) is 16.4 Å². The molecule has 6 heteroatoms. The summed E-state index contributed by atoms with van der Waals surface area (Å²) in [6.45, 7) is 2.91. The van der Waals surface area contributed by atoms with Crippen LogP contribution in [0.1, 0.15) is 12.5 Å². The maximum atomic E-state index is 13.4. The Morgan fingerprint density at radius 2 is 1.63 bits per heavy atom. The van der Waals surface area contributed by atoms with Crippen molar-refractivity contribution in [3.05, 3.63) is 90.6 Å². The summed E-state index contributed by atoms with van der Waals surface area (Å²) in [6, 6.07) is 23.8. The Morgan fingerprint density at radius 3 is 2.33 bits per heavy atom. The Hall–Kier alpha value is -3.38. The van der Waals surface area contributed by atoms with E-state index >= 15 is 0 Å². The van der Waals surface area contributed by atoms with Gasteiger partial charge in [-0.05, 0) is 42.8 Å². The van der Waals surface area contributed by atoms with Gasteiger partial charge in [-0.15, -0.1) is 0 Å². The number of fused-ring (bicyclic) bond motifs is 1. The van der Waals surface area contributed by atoms with Gasteiger partial charge in [-0.3, -0.25) is 4.98 Å². The standard InChI is InChI=1S/C24H22N2O3S/c1-2-29-19-13-14-22-21(15-19)24(26-16-18-9-5-3-6-10-18)23(17-25-22)30(27,28)20-11-7-4-8-12-20/h3-15,17H,2,16H2,1H3,(H,25,26). The van der Waals surface area contributed by atoms with Crippen molar-refractivity contribution < 1.29 is 13.2 Å². The molecule has 0 unspecified atom stereocenters. The first-order chi connectivity index (χ1) is 14.6. The molecule has 0 saturated heterocycles. The second-order valence-corrected chi connectivity index (χ2v) is 8.68. The van der Waals surface area contributed by atoms with Crippen molar-refractivity contribution in [1.82, 2.24) is 4.98 Å². The van der Waals surface area contributed by atoms with E-state index in [1.54, 1.807) is 30.3 Å². The fourth-order valence-electron chi connectivity index (χ4n) is 3.31. The highest BCUT2D eigenvalue weighted by Gasteiger charge is 2.24. The number of sulfone groups is 1. The Labute approximate surface area is 176 Å². The normalized spacial score (nSPS) is 11.4. The fourth-order valence-corrected chi connectivity index (χ4v) is 4.72. The van der Waals surface area contributed by atoms with Crippen LogP contribution < -0.4 is 10.1 Å². The monoisotopic (exact) mass is 418 g/mol. The number of aromatic nitrogens is 1. The van der Waals surface area contributed by atoms with E-state index in [0.29, 0.717) is 35.5 Å². The highest BCUT2D eigenvalue weighted by Crippen LogP contribution is 2.35. The second kappa shape index (κ2) is 8.55. The third-order valence-corrected chi connectivity index (χ3v) is 6.55. The lowest BCUT2D eigenvalue weighted by molar-refractivity contribution is 0.340. The molecule has 3 aromatic carbocycles. The van der Waals surface area contributed by atoms with Gasteiger partial charge in [0.1, 0.15) is 10.6 Å². The summed E-state index contributed by atoms with van der Waals surface area (Å²) in [7, 11) is -3.76. The summed E-state index contributed by atoms with van der Waals surface area (Å²) >= 11 is 0. The first-order valence-corrected chi connectivity index (χ1v) is 11.2. The third kappa shape index (κ3) is 4.00. The molecule has 1 N–H and O–H groups in total. The molecule has 1 aromatic heterocycles. The molecular weight excluding hydrogens is 396 g/mol. The molecule has 5 nitrogen and oxygen atoms in total. The lowest BCUT2D eigenvalue weighted by atomic mass is 10.1. The summed E-state index contributed by atoms with van der Waals surface area (Å²) in [5, 5.41) is 4.05. The maximum Gasteiger partial charge on any atom is 0.210 e. The van der Waals surface area contributed by atoms with Crippen LogP contribution in [0.5, 0.6) is 5.75 Å². The van der Waals surface area contributed by atoms with Crippen molar-refractivity contribution in [2.45, 2.75) is 23.3 Å². The minimum absolute atomic E-state index is 0.144. The van der Waals surface area contributed by atoms with Crippen molar-refractivity contribution in [3.63, 3.8) is 0 Å². The molecule has 0 aliphatic rings. The average Bonchev–Trinajstić information content (AvgIpc) is 2.79. The molecule has 0 spiro atoms. The molecule has 1 heterocycles. The number of anilines is 1. The van der Waals surface area contributed by atoms with Gasteiger partial charge in [0, 0.05) is 18.1 Å². The lowest BCUT2D eigenvalue weighted by Crippen LogP contribution is -2.09. The summed E-state index contributed by atoms with van der Waals surface area (Å²) in [6.07, 6.45) is 1.43. The van der Waals surface area contributed by atoms with Gasteiger partial charge in [0.05, 0.1) is 22.7 Å². The summed E-state index contributed by atoms with van der Waals surface area (Å²) in [5.41, 5.74) is 2.27. The second-order valence-electron chi connectivity index (χ2n) is 6.77. The van der Waals surface area contributed by atoms with Crippen LogP contribution in [0.25, 0.3) is 10.9 Å². The van der Waals surface area contributed by atoms with Crippen LogP contribution >= 0.6 is 0 Å². The van der Waals surface area contributed by atoms with E-state index in [1.807, 2.05) is 55.5 Å². The van der Waals surface area contributed by atoms with Crippen molar-refractivity contribution in [2.24, 2.45) is 0 Å². The van der Waals surface area contributed by atoms with Crippen molar-refractivity contribution >= 4 is 26.4 Å². The van der Waals surface area contributed by atoms with E-state index in [-0.39, 0.29) is 9.79 Å². The molecule has 0 amide bonds. The SMILES string of the molecule is CCOc1ccc2ncc(S(=O)(=O)c3ccccc3)c(NCc3ccccc3)c2c1. The Balaban J connectivity index is 1.88. The van der Waals surface area contributed by atoms with Crippen molar-refractivity contribution in [2.75, 3.05) is 11.9 Å². The van der Waals surface area contributed by atoms with Gasteiger partial charge < -0.3 is 10.1 Å². The zero-order valence-corrected chi connectivity index (χ0v) is 17.4. The lowest BCUT2D eigenvalue weighted by Gasteiger charge is -2.16. The predicted octanol–water partition coefficient (Wildman–Crippen LogP) is 5.08. The van der Waals surface area contributed by atoms with E-state index < -0.39 is 9.84 Å². The summed E-state index contributed by atoms with van der Waals surface area (Å²) in [4.78, 5) is 4.79.